The third-order valence-electron chi connectivity index (χ3n) is 4.31. The first-order chi connectivity index (χ1) is 12.3. The van der Waals surface area contributed by atoms with Crippen LogP contribution in [0.3, 0.4) is 0 Å². The van der Waals surface area contributed by atoms with Gasteiger partial charge in [-0.15, -0.1) is 0 Å². The van der Waals surface area contributed by atoms with E-state index < -0.39 is 0 Å². The number of amides is 1. The lowest BCUT2D eigenvalue weighted by molar-refractivity contribution is 0.0946. The molecule has 3 N–H and O–H groups in total. The molecule has 0 saturated carbocycles. The second kappa shape index (κ2) is 5.79. The van der Waals surface area contributed by atoms with Crippen LogP contribution in [-0.2, 0) is 6.42 Å². The van der Waals surface area contributed by atoms with Crippen molar-refractivity contribution in [1.82, 2.24) is 25.3 Å². The normalized spacial score (nSPS) is 14.2. The molecule has 26 heavy (non-hydrogen) atoms. The maximum absolute atomic E-state index is 12.1. The van der Waals surface area contributed by atoms with Gasteiger partial charge in [0.2, 0.25) is 0 Å². The Labute approximate surface area is 151 Å². The molecule has 0 unspecified atom stereocenters. The van der Waals surface area contributed by atoms with Crippen LogP contribution in [0.15, 0.2) is 18.3 Å². The summed E-state index contributed by atoms with van der Waals surface area (Å²) in [5.41, 5.74) is 5.32. The number of nitrogens with one attached hydrogen (secondary N) is 3. The number of aryl methyl sites for hydroxylation is 1. The molecule has 3 aromatic heterocycles. The number of aromatic nitrogens is 4. The molecular formula is C19H22N6O. The Bertz CT molecular complexity index is 1010. The van der Waals surface area contributed by atoms with Crippen LogP contribution in [-0.4, -0.2) is 37.9 Å². The van der Waals surface area contributed by atoms with Crippen molar-refractivity contribution in [3.63, 3.8) is 0 Å². The predicted molar refractivity (Wildman–Crippen MR) is 101 cm³/mol. The summed E-state index contributed by atoms with van der Waals surface area (Å²) in [4.78, 5) is 29.4. The zero-order valence-electron chi connectivity index (χ0n) is 15.4. The summed E-state index contributed by atoms with van der Waals surface area (Å²) >= 11 is 0. The Morgan fingerprint density at radius 3 is 2.77 bits per heavy atom. The molecule has 3 aromatic rings. The lowest BCUT2D eigenvalue weighted by Gasteiger charge is -2.22. The lowest BCUT2D eigenvalue weighted by Crippen LogP contribution is -2.31. The maximum atomic E-state index is 12.1. The first-order valence-corrected chi connectivity index (χ1v) is 8.74. The second-order valence-electron chi connectivity index (χ2n) is 7.64. The monoisotopic (exact) mass is 350 g/mol. The highest BCUT2D eigenvalue weighted by molar-refractivity contribution is 5.99. The van der Waals surface area contributed by atoms with Crippen LogP contribution in [0.2, 0.25) is 0 Å². The molecule has 0 aromatic carbocycles. The van der Waals surface area contributed by atoms with Gasteiger partial charge in [-0.05, 0) is 39.8 Å². The van der Waals surface area contributed by atoms with Gasteiger partial charge in [0, 0.05) is 30.4 Å². The van der Waals surface area contributed by atoms with Crippen molar-refractivity contribution >= 4 is 22.8 Å². The molecule has 0 aliphatic carbocycles. The molecule has 0 spiro atoms. The lowest BCUT2D eigenvalue weighted by atomic mass is 10.1. The van der Waals surface area contributed by atoms with Gasteiger partial charge in [0.25, 0.3) is 5.91 Å². The summed E-state index contributed by atoms with van der Waals surface area (Å²) in [6, 6.07) is 3.71. The number of rotatable bonds is 2. The second-order valence-corrected chi connectivity index (χ2v) is 7.64. The first kappa shape index (κ1) is 16.5. The fraction of sp³-hybridized carbons (Fsp3) is 0.368. The molecule has 134 valence electrons. The fourth-order valence-electron chi connectivity index (χ4n) is 3.16. The molecule has 0 radical (unpaired) electrons. The summed E-state index contributed by atoms with van der Waals surface area (Å²) in [7, 11) is 0. The molecule has 4 rings (SSSR count). The Hall–Kier alpha value is -2.96. The highest BCUT2D eigenvalue weighted by Crippen LogP contribution is 2.29. The van der Waals surface area contributed by atoms with Crippen molar-refractivity contribution in [2.75, 3.05) is 11.9 Å². The summed E-state index contributed by atoms with van der Waals surface area (Å²) in [6.45, 7) is 8.84. The highest BCUT2D eigenvalue weighted by Gasteiger charge is 2.22. The van der Waals surface area contributed by atoms with Crippen LogP contribution in [0.25, 0.3) is 22.4 Å². The maximum Gasteiger partial charge on any atom is 0.253 e. The van der Waals surface area contributed by atoms with Gasteiger partial charge in [-0.25, -0.2) is 9.97 Å². The smallest absolute Gasteiger partial charge is 0.253 e. The summed E-state index contributed by atoms with van der Waals surface area (Å²) in [5.74, 6) is 0.694. The Morgan fingerprint density at radius 1 is 1.23 bits per heavy atom. The molecule has 0 bridgehead atoms. The van der Waals surface area contributed by atoms with E-state index in [-0.39, 0.29) is 11.4 Å². The van der Waals surface area contributed by atoms with E-state index in [0.717, 1.165) is 34.8 Å². The van der Waals surface area contributed by atoms with Gasteiger partial charge in [-0.2, -0.15) is 0 Å². The van der Waals surface area contributed by atoms with Crippen molar-refractivity contribution in [3.8, 4) is 11.4 Å². The number of hydrogen-bond donors (Lipinski definition) is 3. The van der Waals surface area contributed by atoms with Gasteiger partial charge in [0.1, 0.15) is 17.0 Å². The Balaban J connectivity index is 1.88. The van der Waals surface area contributed by atoms with E-state index in [2.05, 4.69) is 46.4 Å². The Kier molecular flexibility index (Phi) is 3.68. The van der Waals surface area contributed by atoms with Crippen LogP contribution >= 0.6 is 0 Å². The SMILES string of the molecule is Cc1nc2ccnc(-c3cc4c([nH]3)CCNC4=O)c2nc1NC(C)(C)C. The van der Waals surface area contributed by atoms with Gasteiger partial charge in [0.05, 0.1) is 22.5 Å². The minimum atomic E-state index is -0.126. The standard InChI is InChI=1S/C19H22N6O/c1-10-17(25-19(2,3)4)24-16-13(22-10)6-7-20-15(16)14-9-11-12(23-14)5-8-21-18(11)26/h6-7,9,23H,5,8H2,1-4H3,(H,21,26)(H,24,25). The van der Waals surface area contributed by atoms with Crippen molar-refractivity contribution in [1.29, 1.82) is 0 Å². The summed E-state index contributed by atoms with van der Waals surface area (Å²) in [6.07, 6.45) is 2.51. The third kappa shape index (κ3) is 2.89. The predicted octanol–water partition coefficient (Wildman–Crippen LogP) is 2.82. The number of hydrogen-bond acceptors (Lipinski definition) is 5. The van der Waals surface area contributed by atoms with E-state index in [1.165, 1.54) is 0 Å². The average molecular weight is 350 g/mol. The van der Waals surface area contributed by atoms with Gasteiger partial charge in [-0.1, -0.05) is 0 Å². The van der Waals surface area contributed by atoms with Gasteiger partial charge < -0.3 is 15.6 Å². The number of fused-ring (bicyclic) bond motifs is 2. The molecule has 0 atom stereocenters. The quantitative estimate of drug-likeness (QED) is 0.660. The van der Waals surface area contributed by atoms with Gasteiger partial charge in [-0.3, -0.25) is 9.78 Å². The minimum absolute atomic E-state index is 0.0500. The van der Waals surface area contributed by atoms with E-state index in [1.807, 2.05) is 19.1 Å². The van der Waals surface area contributed by atoms with Crippen molar-refractivity contribution < 1.29 is 4.79 Å². The van der Waals surface area contributed by atoms with E-state index in [9.17, 15) is 4.79 Å². The van der Waals surface area contributed by atoms with E-state index in [0.29, 0.717) is 23.3 Å². The van der Waals surface area contributed by atoms with Gasteiger partial charge >= 0.3 is 0 Å². The average Bonchev–Trinajstić information content (AvgIpc) is 2.99. The van der Waals surface area contributed by atoms with Crippen LogP contribution in [0.4, 0.5) is 5.82 Å². The number of aromatic amines is 1. The number of anilines is 1. The number of H-pyrrole nitrogens is 1. The zero-order valence-corrected chi connectivity index (χ0v) is 15.4. The first-order valence-electron chi connectivity index (χ1n) is 8.74. The zero-order chi connectivity index (χ0) is 18.5. The molecule has 0 fully saturated rings. The number of carbonyl (C=O) groups is 1. The number of carbonyl (C=O) groups excluding carboxylic acids is 1. The van der Waals surface area contributed by atoms with Crippen LogP contribution in [0.1, 0.15) is 42.5 Å². The van der Waals surface area contributed by atoms with E-state index >= 15 is 0 Å². The van der Waals surface area contributed by atoms with Crippen molar-refractivity contribution in [2.45, 2.75) is 39.7 Å². The van der Waals surface area contributed by atoms with Gasteiger partial charge in [0.15, 0.2) is 0 Å². The molecule has 4 heterocycles. The molecule has 1 aliphatic rings. The minimum Gasteiger partial charge on any atom is -0.364 e. The summed E-state index contributed by atoms with van der Waals surface area (Å²) < 4.78 is 0. The molecular weight excluding hydrogens is 328 g/mol. The molecule has 7 nitrogen and oxygen atoms in total. The molecule has 1 amide bonds. The van der Waals surface area contributed by atoms with Crippen LogP contribution < -0.4 is 10.6 Å². The Morgan fingerprint density at radius 2 is 2.04 bits per heavy atom. The third-order valence-corrected chi connectivity index (χ3v) is 4.31. The molecule has 0 saturated heterocycles. The fourth-order valence-corrected chi connectivity index (χ4v) is 3.16. The van der Waals surface area contributed by atoms with E-state index in [4.69, 9.17) is 4.98 Å². The summed E-state index contributed by atoms with van der Waals surface area (Å²) in [5, 5.41) is 6.27. The highest BCUT2D eigenvalue weighted by atomic mass is 16.1. The van der Waals surface area contributed by atoms with Crippen molar-refractivity contribution in [3.05, 3.63) is 35.3 Å². The molecule has 1 aliphatic heterocycles. The number of pyridine rings is 1. The van der Waals surface area contributed by atoms with Crippen LogP contribution in [0, 0.1) is 6.92 Å². The molecule has 7 heteroatoms. The van der Waals surface area contributed by atoms with Crippen LogP contribution in [0.5, 0.6) is 0 Å². The van der Waals surface area contributed by atoms with E-state index in [1.54, 1.807) is 6.20 Å². The largest absolute Gasteiger partial charge is 0.364 e. The van der Waals surface area contributed by atoms with Crippen molar-refractivity contribution in [2.24, 2.45) is 0 Å². The number of nitrogens with zero attached hydrogens (tertiary/aromatic N) is 3. The topological polar surface area (TPSA) is 95.6 Å².